The standard InChI is InChI=1S/C20H21FN2O.ClH/c21-19-6-4-18(5-7-19)20(8-10-24-11-9-20)15-23-14-17-3-1-2-16(12-17)13-22;/h1-7,12,23H,8-11,14-15H2;1H. The van der Waals surface area contributed by atoms with E-state index in [9.17, 15) is 4.39 Å². The quantitative estimate of drug-likeness (QED) is 0.877. The van der Waals surface area contributed by atoms with Gasteiger partial charge in [0, 0.05) is 31.7 Å². The summed E-state index contributed by atoms with van der Waals surface area (Å²) in [4.78, 5) is 0. The maximum absolute atomic E-state index is 13.3. The third kappa shape index (κ3) is 4.79. The minimum absolute atomic E-state index is 0. The summed E-state index contributed by atoms with van der Waals surface area (Å²) < 4.78 is 18.8. The van der Waals surface area contributed by atoms with E-state index >= 15 is 0 Å². The first kappa shape index (κ1) is 19.4. The van der Waals surface area contributed by atoms with Crippen molar-refractivity contribution in [3.05, 3.63) is 71.0 Å². The topological polar surface area (TPSA) is 45.0 Å². The Morgan fingerprint density at radius 1 is 1.12 bits per heavy atom. The number of nitrogens with one attached hydrogen (secondary N) is 1. The molecule has 0 aromatic heterocycles. The highest BCUT2D eigenvalue weighted by atomic mass is 35.5. The van der Waals surface area contributed by atoms with E-state index in [1.165, 1.54) is 12.1 Å². The molecule has 0 saturated carbocycles. The first-order valence-corrected chi connectivity index (χ1v) is 8.25. The maximum atomic E-state index is 13.3. The fraction of sp³-hybridized carbons (Fsp3) is 0.350. The Kier molecular flexibility index (Phi) is 6.95. The van der Waals surface area contributed by atoms with E-state index in [0.717, 1.165) is 43.7 Å². The molecule has 1 aliphatic heterocycles. The van der Waals surface area contributed by atoms with E-state index < -0.39 is 0 Å². The monoisotopic (exact) mass is 360 g/mol. The van der Waals surface area contributed by atoms with E-state index in [4.69, 9.17) is 10.00 Å². The molecule has 3 nitrogen and oxygen atoms in total. The number of hydrogen-bond acceptors (Lipinski definition) is 3. The van der Waals surface area contributed by atoms with Crippen molar-refractivity contribution in [2.75, 3.05) is 19.8 Å². The van der Waals surface area contributed by atoms with Crippen LogP contribution >= 0.6 is 12.4 Å². The van der Waals surface area contributed by atoms with Crippen LogP contribution < -0.4 is 5.32 Å². The lowest BCUT2D eigenvalue weighted by molar-refractivity contribution is 0.0497. The third-order valence-corrected chi connectivity index (χ3v) is 4.76. The van der Waals surface area contributed by atoms with Gasteiger partial charge in [0.25, 0.3) is 0 Å². The molecule has 0 spiro atoms. The van der Waals surface area contributed by atoms with Gasteiger partial charge < -0.3 is 10.1 Å². The lowest BCUT2D eigenvalue weighted by atomic mass is 9.74. The Balaban J connectivity index is 0.00000225. The molecule has 0 amide bonds. The average molecular weight is 361 g/mol. The summed E-state index contributed by atoms with van der Waals surface area (Å²) >= 11 is 0. The molecular weight excluding hydrogens is 339 g/mol. The molecule has 0 atom stereocenters. The number of halogens is 2. The van der Waals surface area contributed by atoms with Crippen molar-refractivity contribution < 1.29 is 9.13 Å². The Bertz CT molecular complexity index is 721. The molecule has 1 aliphatic rings. The average Bonchev–Trinajstić information content (AvgIpc) is 2.63. The molecule has 0 bridgehead atoms. The van der Waals surface area contributed by atoms with Gasteiger partial charge in [0.05, 0.1) is 11.6 Å². The van der Waals surface area contributed by atoms with Gasteiger partial charge in [-0.25, -0.2) is 4.39 Å². The van der Waals surface area contributed by atoms with Gasteiger partial charge in [0.2, 0.25) is 0 Å². The highest BCUT2D eigenvalue weighted by Gasteiger charge is 2.34. The Morgan fingerprint density at radius 3 is 2.52 bits per heavy atom. The van der Waals surface area contributed by atoms with Gasteiger partial charge in [0.15, 0.2) is 0 Å². The van der Waals surface area contributed by atoms with Crippen LogP contribution in [0.1, 0.15) is 29.5 Å². The highest BCUT2D eigenvalue weighted by molar-refractivity contribution is 5.85. The summed E-state index contributed by atoms with van der Waals surface area (Å²) in [5.74, 6) is -0.206. The van der Waals surface area contributed by atoms with Crippen molar-refractivity contribution in [3.63, 3.8) is 0 Å². The van der Waals surface area contributed by atoms with Gasteiger partial charge in [-0.05, 0) is 48.2 Å². The second kappa shape index (κ2) is 8.96. The minimum atomic E-state index is -0.206. The molecule has 0 aliphatic carbocycles. The smallest absolute Gasteiger partial charge is 0.123 e. The van der Waals surface area contributed by atoms with E-state index in [-0.39, 0.29) is 23.6 Å². The van der Waals surface area contributed by atoms with Crippen molar-refractivity contribution in [3.8, 4) is 6.07 Å². The molecule has 3 rings (SSSR count). The normalized spacial score (nSPS) is 15.8. The predicted octanol–water partition coefficient (Wildman–Crippen LogP) is 3.96. The number of nitriles is 1. The van der Waals surface area contributed by atoms with Gasteiger partial charge in [-0.15, -0.1) is 12.4 Å². The van der Waals surface area contributed by atoms with Crippen LogP contribution in [-0.2, 0) is 16.7 Å². The number of nitrogens with zero attached hydrogens (tertiary/aromatic N) is 1. The highest BCUT2D eigenvalue weighted by Crippen LogP contribution is 2.34. The minimum Gasteiger partial charge on any atom is -0.381 e. The molecule has 1 N–H and O–H groups in total. The maximum Gasteiger partial charge on any atom is 0.123 e. The fourth-order valence-electron chi connectivity index (χ4n) is 3.33. The van der Waals surface area contributed by atoms with Crippen molar-refractivity contribution in [1.29, 1.82) is 5.26 Å². The second-order valence-corrected chi connectivity index (χ2v) is 6.32. The zero-order valence-electron chi connectivity index (χ0n) is 14.0. The van der Waals surface area contributed by atoms with Crippen molar-refractivity contribution in [2.24, 2.45) is 0 Å². The van der Waals surface area contributed by atoms with Crippen molar-refractivity contribution >= 4 is 12.4 Å². The fourth-order valence-corrected chi connectivity index (χ4v) is 3.33. The summed E-state index contributed by atoms with van der Waals surface area (Å²) in [6.45, 7) is 2.96. The molecular formula is C20H22ClFN2O. The van der Waals surface area contributed by atoms with E-state index in [1.54, 1.807) is 0 Å². The number of ether oxygens (including phenoxy) is 1. The second-order valence-electron chi connectivity index (χ2n) is 6.32. The third-order valence-electron chi connectivity index (χ3n) is 4.76. The lowest BCUT2D eigenvalue weighted by Crippen LogP contribution is -2.42. The van der Waals surface area contributed by atoms with Crippen LogP contribution in [0.4, 0.5) is 4.39 Å². The van der Waals surface area contributed by atoms with Gasteiger partial charge in [-0.1, -0.05) is 24.3 Å². The molecule has 1 fully saturated rings. The molecule has 1 saturated heterocycles. The summed E-state index contributed by atoms with van der Waals surface area (Å²) in [7, 11) is 0. The number of benzene rings is 2. The largest absolute Gasteiger partial charge is 0.381 e. The summed E-state index contributed by atoms with van der Waals surface area (Å²) in [6.07, 6.45) is 1.84. The molecule has 2 aromatic carbocycles. The molecule has 1 heterocycles. The summed E-state index contributed by atoms with van der Waals surface area (Å²) in [6, 6.07) is 16.6. The lowest BCUT2D eigenvalue weighted by Gasteiger charge is -2.38. The Morgan fingerprint density at radius 2 is 1.84 bits per heavy atom. The van der Waals surface area contributed by atoms with Gasteiger partial charge in [-0.3, -0.25) is 0 Å². The predicted molar refractivity (Wildman–Crippen MR) is 98.2 cm³/mol. The Labute approximate surface area is 154 Å². The molecule has 2 aromatic rings. The van der Waals surface area contributed by atoms with E-state index in [1.807, 2.05) is 36.4 Å². The molecule has 25 heavy (non-hydrogen) atoms. The SMILES string of the molecule is Cl.N#Cc1cccc(CNCC2(c3ccc(F)cc3)CCOCC2)c1. The molecule has 0 radical (unpaired) electrons. The van der Waals surface area contributed by atoms with Crippen molar-refractivity contribution in [1.82, 2.24) is 5.32 Å². The van der Waals surface area contributed by atoms with E-state index in [2.05, 4.69) is 11.4 Å². The van der Waals surface area contributed by atoms with Crippen LogP contribution in [0.25, 0.3) is 0 Å². The number of rotatable bonds is 5. The van der Waals surface area contributed by atoms with Crippen LogP contribution in [0.15, 0.2) is 48.5 Å². The zero-order valence-corrected chi connectivity index (χ0v) is 14.8. The summed E-state index contributed by atoms with van der Waals surface area (Å²) in [5, 5.41) is 12.5. The van der Waals surface area contributed by atoms with Gasteiger partial charge >= 0.3 is 0 Å². The first-order chi connectivity index (χ1) is 11.7. The van der Waals surface area contributed by atoms with Gasteiger partial charge in [0.1, 0.15) is 5.82 Å². The van der Waals surface area contributed by atoms with Crippen LogP contribution in [0, 0.1) is 17.1 Å². The zero-order chi connectivity index (χ0) is 16.8. The van der Waals surface area contributed by atoms with Crippen LogP contribution in [0.3, 0.4) is 0 Å². The van der Waals surface area contributed by atoms with Crippen LogP contribution in [0.5, 0.6) is 0 Å². The Hall–Kier alpha value is -1.93. The molecule has 0 unspecified atom stereocenters. The number of hydrogen-bond donors (Lipinski definition) is 1. The first-order valence-electron chi connectivity index (χ1n) is 8.25. The van der Waals surface area contributed by atoms with E-state index in [0.29, 0.717) is 12.1 Å². The van der Waals surface area contributed by atoms with Crippen LogP contribution in [0.2, 0.25) is 0 Å². The van der Waals surface area contributed by atoms with Gasteiger partial charge in [-0.2, -0.15) is 5.26 Å². The van der Waals surface area contributed by atoms with Crippen LogP contribution in [-0.4, -0.2) is 19.8 Å². The van der Waals surface area contributed by atoms with Crippen molar-refractivity contribution in [2.45, 2.75) is 24.8 Å². The molecule has 132 valence electrons. The summed E-state index contributed by atoms with van der Waals surface area (Å²) in [5.41, 5.74) is 2.90. The molecule has 5 heteroatoms.